The number of hydrogen-bond donors (Lipinski definition) is 1. The number of hydrogen-bond acceptors (Lipinski definition) is 3. The number of nitrogens with one attached hydrogen (secondary N) is 1. The molecule has 1 saturated carbocycles. The summed E-state index contributed by atoms with van der Waals surface area (Å²) < 4.78 is 60.6. The van der Waals surface area contributed by atoms with Gasteiger partial charge in [0.1, 0.15) is 10.5 Å². The van der Waals surface area contributed by atoms with Crippen molar-refractivity contribution in [2.45, 2.75) is 56.7 Å². The summed E-state index contributed by atoms with van der Waals surface area (Å²) in [7, 11) is 0. The number of benzene rings is 1. The highest BCUT2D eigenvalue weighted by Crippen LogP contribution is 2.40. The highest BCUT2D eigenvalue weighted by molar-refractivity contribution is 7.90. The molecule has 0 bridgehead atoms. The van der Waals surface area contributed by atoms with Crippen molar-refractivity contribution >= 4 is 11.4 Å². The molecule has 0 aromatic heterocycles. The van der Waals surface area contributed by atoms with Crippen LogP contribution in [-0.4, -0.2) is 21.8 Å². The lowest BCUT2D eigenvalue weighted by atomic mass is 10.0. The zero-order valence-electron chi connectivity index (χ0n) is 12.7. The Bertz CT molecular complexity index is 520. The van der Waals surface area contributed by atoms with Crippen molar-refractivity contribution in [2.75, 3.05) is 0 Å². The van der Waals surface area contributed by atoms with Gasteiger partial charge < -0.3 is 9.29 Å². The molecule has 22 heavy (non-hydrogen) atoms. The Morgan fingerprint density at radius 1 is 1.27 bits per heavy atom. The number of halogens is 3. The minimum Gasteiger partial charge on any atom is -0.598 e. The fourth-order valence-corrected chi connectivity index (χ4v) is 2.52. The fraction of sp³-hybridized carbons (Fsp3) is 0.600. The van der Waals surface area contributed by atoms with Gasteiger partial charge in [-0.25, -0.2) is 13.2 Å². The third-order valence-corrected chi connectivity index (χ3v) is 4.79. The lowest BCUT2D eigenvalue weighted by Crippen LogP contribution is -2.52. The molecular weight excluding hydrogens is 315 g/mol. The SMILES string of the molecule is CC(C)(C)[S@+]([O-])NC(F)(c1ccccc1OC1CC1)C(F)F. The maximum atomic E-state index is 15.0. The quantitative estimate of drug-likeness (QED) is 0.637. The summed E-state index contributed by atoms with van der Waals surface area (Å²) in [6.07, 6.45) is -1.80. The van der Waals surface area contributed by atoms with E-state index in [0.29, 0.717) is 0 Å². The van der Waals surface area contributed by atoms with Crippen molar-refractivity contribution < 1.29 is 22.5 Å². The molecule has 1 unspecified atom stereocenters. The number of rotatable bonds is 6. The first-order chi connectivity index (χ1) is 10.1. The van der Waals surface area contributed by atoms with Crippen LogP contribution in [0.5, 0.6) is 5.75 Å². The molecule has 124 valence electrons. The summed E-state index contributed by atoms with van der Waals surface area (Å²) in [5.74, 6) is -3.17. The highest BCUT2D eigenvalue weighted by atomic mass is 32.2. The van der Waals surface area contributed by atoms with Crippen LogP contribution in [0.1, 0.15) is 39.2 Å². The molecule has 1 N–H and O–H groups in total. The molecule has 0 spiro atoms. The minimum atomic E-state index is -3.39. The van der Waals surface area contributed by atoms with Gasteiger partial charge in [-0.3, -0.25) is 0 Å². The summed E-state index contributed by atoms with van der Waals surface area (Å²) in [6, 6.07) is 5.73. The zero-order valence-corrected chi connectivity index (χ0v) is 13.6. The molecule has 3 nitrogen and oxygen atoms in total. The Kier molecular flexibility index (Phi) is 4.99. The molecule has 1 fully saturated rings. The van der Waals surface area contributed by atoms with Crippen molar-refractivity contribution in [1.82, 2.24) is 4.72 Å². The lowest BCUT2D eigenvalue weighted by Gasteiger charge is -2.32. The topological polar surface area (TPSA) is 44.3 Å². The summed E-state index contributed by atoms with van der Waals surface area (Å²) >= 11 is -1.99. The predicted molar refractivity (Wildman–Crippen MR) is 79.9 cm³/mol. The van der Waals surface area contributed by atoms with Crippen LogP contribution in [-0.2, 0) is 17.2 Å². The summed E-state index contributed by atoms with van der Waals surface area (Å²) in [4.78, 5) is 0. The van der Waals surface area contributed by atoms with Crippen LogP contribution in [0.2, 0.25) is 0 Å². The third kappa shape index (κ3) is 3.88. The Hall–Kier alpha value is -0.920. The van der Waals surface area contributed by atoms with Gasteiger partial charge in [0.2, 0.25) is 0 Å². The van der Waals surface area contributed by atoms with Crippen LogP contribution < -0.4 is 9.46 Å². The fourth-order valence-electron chi connectivity index (χ4n) is 1.74. The summed E-state index contributed by atoms with van der Waals surface area (Å²) in [6.45, 7) is 4.73. The first-order valence-electron chi connectivity index (χ1n) is 7.07. The smallest absolute Gasteiger partial charge is 0.293 e. The van der Waals surface area contributed by atoms with Gasteiger partial charge in [0.05, 0.1) is 11.7 Å². The average molecular weight is 335 g/mol. The molecule has 0 saturated heterocycles. The highest BCUT2D eigenvalue weighted by Gasteiger charge is 2.50. The Labute approximate surface area is 131 Å². The van der Waals surface area contributed by atoms with E-state index in [4.69, 9.17) is 4.74 Å². The summed E-state index contributed by atoms with van der Waals surface area (Å²) in [5.41, 5.74) is -0.325. The van der Waals surface area contributed by atoms with Gasteiger partial charge in [-0.05, 0) is 39.7 Å². The molecule has 2 rings (SSSR count). The first-order valence-corrected chi connectivity index (χ1v) is 8.22. The van der Waals surface area contributed by atoms with Crippen LogP contribution in [0.3, 0.4) is 0 Å². The summed E-state index contributed by atoms with van der Waals surface area (Å²) in [5, 5.41) is 0. The standard InChI is InChI=1S/C15H20F3NO2S/c1-14(2,3)22(20)19-15(18,13(16)17)11-6-4-5-7-12(11)21-10-8-9-10/h4-7,10,13,19H,8-9H2,1-3H3/t15?,22-/m0/s1. The van der Waals surface area contributed by atoms with Crippen LogP contribution >= 0.6 is 0 Å². The first kappa shape index (κ1) is 17.4. The van der Waals surface area contributed by atoms with Gasteiger partial charge in [-0.2, -0.15) is 0 Å². The average Bonchev–Trinajstić information content (AvgIpc) is 3.21. The van der Waals surface area contributed by atoms with E-state index in [0.717, 1.165) is 12.8 Å². The maximum Gasteiger partial charge on any atom is 0.293 e. The van der Waals surface area contributed by atoms with Gasteiger partial charge in [0, 0.05) is 11.4 Å². The van der Waals surface area contributed by atoms with Crippen LogP contribution in [0.15, 0.2) is 24.3 Å². The van der Waals surface area contributed by atoms with E-state index in [2.05, 4.69) is 0 Å². The van der Waals surface area contributed by atoms with E-state index in [1.54, 1.807) is 26.8 Å². The largest absolute Gasteiger partial charge is 0.598 e. The molecule has 1 aromatic carbocycles. The van der Waals surface area contributed by atoms with E-state index in [1.165, 1.54) is 18.2 Å². The Balaban J connectivity index is 2.34. The molecule has 2 atom stereocenters. The number of alkyl halides is 3. The van der Waals surface area contributed by atoms with Gasteiger partial charge in [0.15, 0.2) is 0 Å². The van der Waals surface area contributed by atoms with Gasteiger partial charge in [0.25, 0.3) is 12.2 Å². The predicted octanol–water partition coefficient (Wildman–Crippen LogP) is 3.67. The van der Waals surface area contributed by atoms with Crippen LogP contribution in [0.25, 0.3) is 0 Å². The van der Waals surface area contributed by atoms with E-state index in [9.17, 15) is 13.3 Å². The van der Waals surface area contributed by atoms with E-state index in [1.807, 2.05) is 4.72 Å². The van der Waals surface area contributed by atoms with Crippen LogP contribution in [0, 0.1) is 0 Å². The second-order valence-electron chi connectivity index (χ2n) is 6.31. The van der Waals surface area contributed by atoms with Crippen molar-refractivity contribution in [3.63, 3.8) is 0 Å². The zero-order chi connectivity index (χ0) is 16.5. The molecule has 0 amide bonds. The van der Waals surface area contributed by atoms with Crippen LogP contribution in [0.4, 0.5) is 13.2 Å². The van der Waals surface area contributed by atoms with Gasteiger partial charge in [-0.15, -0.1) is 0 Å². The lowest BCUT2D eigenvalue weighted by molar-refractivity contribution is -0.0493. The Morgan fingerprint density at radius 2 is 1.86 bits per heavy atom. The second-order valence-corrected chi connectivity index (χ2v) is 8.28. The molecular formula is C15H20F3NO2S. The van der Waals surface area contributed by atoms with Crippen molar-refractivity contribution in [2.24, 2.45) is 0 Å². The van der Waals surface area contributed by atoms with Gasteiger partial charge in [-0.1, -0.05) is 22.9 Å². The maximum absolute atomic E-state index is 15.0. The second kappa shape index (κ2) is 6.29. The normalized spacial score (nSPS) is 19.8. The molecule has 7 heteroatoms. The molecule has 1 aromatic rings. The Morgan fingerprint density at radius 3 is 2.36 bits per heavy atom. The molecule has 0 heterocycles. The van der Waals surface area contributed by atoms with Crippen molar-refractivity contribution in [3.05, 3.63) is 29.8 Å². The molecule has 0 aliphatic heterocycles. The third-order valence-electron chi connectivity index (χ3n) is 3.20. The molecule has 1 aliphatic carbocycles. The van der Waals surface area contributed by atoms with E-state index < -0.39 is 28.3 Å². The molecule has 1 aliphatic rings. The minimum absolute atomic E-state index is 0.0591. The van der Waals surface area contributed by atoms with Crippen molar-refractivity contribution in [1.29, 1.82) is 0 Å². The number of para-hydroxylation sites is 1. The molecule has 0 radical (unpaired) electrons. The van der Waals surface area contributed by atoms with Gasteiger partial charge >= 0.3 is 0 Å². The monoisotopic (exact) mass is 335 g/mol. The number of ether oxygens (including phenoxy) is 1. The van der Waals surface area contributed by atoms with Crippen molar-refractivity contribution in [3.8, 4) is 5.75 Å². The van der Waals surface area contributed by atoms with E-state index >= 15 is 4.39 Å². The van der Waals surface area contributed by atoms with E-state index in [-0.39, 0.29) is 17.4 Å².